The normalized spacial score (nSPS) is 11.2. The molecular formula is C17H16F2N2O3S. The molecule has 0 radical (unpaired) electrons. The number of hydrogen-bond donors (Lipinski definition) is 2. The van der Waals surface area contributed by atoms with Crippen LogP contribution in [0.15, 0.2) is 53.9 Å². The van der Waals surface area contributed by atoms with Crippen LogP contribution >= 0.6 is 0 Å². The summed E-state index contributed by atoms with van der Waals surface area (Å²) in [5.41, 5.74) is 0.810. The Balaban J connectivity index is 2.32. The van der Waals surface area contributed by atoms with Crippen molar-refractivity contribution in [1.82, 2.24) is 4.72 Å². The molecule has 8 heteroatoms. The van der Waals surface area contributed by atoms with E-state index in [-0.39, 0.29) is 12.1 Å². The van der Waals surface area contributed by atoms with E-state index in [0.29, 0.717) is 11.3 Å². The van der Waals surface area contributed by atoms with Crippen LogP contribution in [0.4, 0.5) is 14.5 Å². The highest BCUT2D eigenvalue weighted by atomic mass is 32.2. The molecule has 2 aromatic carbocycles. The maximum Gasteiger partial charge on any atom is 0.255 e. The molecule has 0 aromatic heterocycles. The van der Waals surface area contributed by atoms with Crippen LogP contribution in [0.5, 0.6) is 0 Å². The van der Waals surface area contributed by atoms with Gasteiger partial charge in [-0.15, -0.1) is 6.58 Å². The van der Waals surface area contributed by atoms with E-state index < -0.39 is 32.5 Å². The molecule has 0 aliphatic carbocycles. The summed E-state index contributed by atoms with van der Waals surface area (Å²) in [6, 6.07) is 6.81. The van der Waals surface area contributed by atoms with Crippen LogP contribution in [-0.4, -0.2) is 20.9 Å². The number of aryl methyl sites for hydroxylation is 1. The van der Waals surface area contributed by atoms with Gasteiger partial charge in [0.2, 0.25) is 10.0 Å². The second kappa shape index (κ2) is 7.54. The predicted molar refractivity (Wildman–Crippen MR) is 90.9 cm³/mol. The second-order valence-electron chi connectivity index (χ2n) is 5.20. The number of carbonyl (C=O) groups excluding carboxylic acids is 1. The van der Waals surface area contributed by atoms with Crippen molar-refractivity contribution in [2.45, 2.75) is 11.8 Å². The van der Waals surface area contributed by atoms with Crippen LogP contribution in [-0.2, 0) is 10.0 Å². The second-order valence-corrected chi connectivity index (χ2v) is 6.93. The quantitative estimate of drug-likeness (QED) is 0.772. The van der Waals surface area contributed by atoms with Crippen molar-refractivity contribution in [1.29, 1.82) is 0 Å². The molecule has 132 valence electrons. The molecule has 0 heterocycles. The SMILES string of the molecule is C=CCNS(=O)(=O)c1cc(C(=O)Nc2ccc(F)cc2C)ccc1F. The van der Waals surface area contributed by atoms with Crippen LogP contribution < -0.4 is 10.0 Å². The Morgan fingerprint density at radius 2 is 1.92 bits per heavy atom. The van der Waals surface area contributed by atoms with Gasteiger partial charge in [-0.1, -0.05) is 6.08 Å². The number of benzene rings is 2. The summed E-state index contributed by atoms with van der Waals surface area (Å²) in [5, 5.41) is 2.54. The third-order valence-electron chi connectivity index (χ3n) is 3.34. The zero-order valence-electron chi connectivity index (χ0n) is 13.3. The molecule has 0 unspecified atom stereocenters. The van der Waals surface area contributed by atoms with Crippen LogP contribution in [0.2, 0.25) is 0 Å². The summed E-state index contributed by atoms with van der Waals surface area (Å²) < 4.78 is 53.2. The first-order chi connectivity index (χ1) is 11.7. The number of nitrogens with one attached hydrogen (secondary N) is 2. The van der Waals surface area contributed by atoms with Gasteiger partial charge in [0.1, 0.15) is 16.5 Å². The highest BCUT2D eigenvalue weighted by Crippen LogP contribution is 2.20. The Kier molecular flexibility index (Phi) is 5.66. The van der Waals surface area contributed by atoms with Crippen molar-refractivity contribution in [3.05, 3.63) is 71.8 Å². The Morgan fingerprint density at radius 3 is 2.56 bits per heavy atom. The summed E-state index contributed by atoms with van der Waals surface area (Å²) in [4.78, 5) is 11.7. The molecular weight excluding hydrogens is 350 g/mol. The minimum Gasteiger partial charge on any atom is -0.322 e. The lowest BCUT2D eigenvalue weighted by Gasteiger charge is -2.10. The molecule has 1 amide bonds. The monoisotopic (exact) mass is 366 g/mol. The summed E-state index contributed by atoms with van der Waals surface area (Å²) in [5.74, 6) is -2.07. The van der Waals surface area contributed by atoms with Gasteiger partial charge in [0.15, 0.2) is 0 Å². The van der Waals surface area contributed by atoms with Crippen LogP contribution in [0.25, 0.3) is 0 Å². The van der Waals surface area contributed by atoms with Crippen molar-refractivity contribution in [2.75, 3.05) is 11.9 Å². The molecule has 2 aromatic rings. The fourth-order valence-electron chi connectivity index (χ4n) is 2.06. The van der Waals surface area contributed by atoms with Gasteiger partial charge in [-0.3, -0.25) is 4.79 Å². The number of amides is 1. The fraction of sp³-hybridized carbons (Fsp3) is 0.118. The van der Waals surface area contributed by atoms with Crippen molar-refractivity contribution in [3.8, 4) is 0 Å². The fourth-order valence-corrected chi connectivity index (χ4v) is 3.16. The lowest BCUT2D eigenvalue weighted by molar-refractivity contribution is 0.102. The highest BCUT2D eigenvalue weighted by molar-refractivity contribution is 7.89. The van der Waals surface area contributed by atoms with Gasteiger partial charge in [-0.05, 0) is 48.9 Å². The molecule has 0 bridgehead atoms. The van der Waals surface area contributed by atoms with E-state index in [1.54, 1.807) is 6.92 Å². The van der Waals surface area contributed by atoms with Gasteiger partial charge in [0.25, 0.3) is 5.91 Å². The van der Waals surface area contributed by atoms with Gasteiger partial charge in [0, 0.05) is 17.8 Å². The summed E-state index contributed by atoms with van der Waals surface area (Å²) in [6.45, 7) is 4.91. The average molecular weight is 366 g/mol. The topological polar surface area (TPSA) is 75.3 Å². The first kappa shape index (κ1) is 18.8. The van der Waals surface area contributed by atoms with Gasteiger partial charge < -0.3 is 5.32 Å². The van der Waals surface area contributed by atoms with Crippen LogP contribution in [0.3, 0.4) is 0 Å². The number of rotatable bonds is 6. The lowest BCUT2D eigenvalue weighted by Crippen LogP contribution is -2.25. The first-order valence-corrected chi connectivity index (χ1v) is 8.70. The Hall–Kier alpha value is -2.58. The molecule has 0 aliphatic heterocycles. The molecule has 0 atom stereocenters. The van der Waals surface area contributed by atoms with Gasteiger partial charge in [-0.2, -0.15) is 0 Å². The smallest absolute Gasteiger partial charge is 0.255 e. The zero-order chi connectivity index (χ0) is 18.6. The molecule has 0 spiro atoms. The van der Waals surface area contributed by atoms with E-state index in [1.807, 2.05) is 0 Å². The van der Waals surface area contributed by atoms with Gasteiger partial charge >= 0.3 is 0 Å². The van der Waals surface area contributed by atoms with Crippen molar-refractivity contribution in [2.24, 2.45) is 0 Å². The van der Waals surface area contributed by atoms with Crippen molar-refractivity contribution < 1.29 is 22.0 Å². The number of carbonyl (C=O) groups is 1. The zero-order valence-corrected chi connectivity index (χ0v) is 14.2. The molecule has 5 nitrogen and oxygen atoms in total. The summed E-state index contributed by atoms with van der Waals surface area (Å²) in [6.07, 6.45) is 1.31. The van der Waals surface area contributed by atoms with Gasteiger partial charge in [0.05, 0.1) is 0 Å². The summed E-state index contributed by atoms with van der Waals surface area (Å²) in [7, 11) is -4.12. The Morgan fingerprint density at radius 1 is 1.20 bits per heavy atom. The predicted octanol–water partition coefficient (Wildman–Crippen LogP) is 2.99. The van der Waals surface area contributed by atoms with Crippen molar-refractivity contribution in [3.63, 3.8) is 0 Å². The molecule has 0 fully saturated rings. The van der Waals surface area contributed by atoms with E-state index in [0.717, 1.165) is 18.2 Å². The lowest BCUT2D eigenvalue weighted by atomic mass is 10.1. The average Bonchev–Trinajstić information content (AvgIpc) is 2.55. The summed E-state index contributed by atoms with van der Waals surface area (Å²) >= 11 is 0. The molecule has 0 saturated heterocycles. The van der Waals surface area contributed by atoms with Crippen LogP contribution in [0.1, 0.15) is 15.9 Å². The molecule has 2 rings (SSSR count). The Bertz CT molecular complexity index is 927. The Labute approximate surface area is 144 Å². The maximum atomic E-state index is 13.9. The van der Waals surface area contributed by atoms with E-state index in [4.69, 9.17) is 0 Å². The first-order valence-electron chi connectivity index (χ1n) is 7.22. The molecule has 0 aliphatic rings. The van der Waals surface area contributed by atoms with E-state index in [1.165, 1.54) is 24.3 Å². The third-order valence-corrected chi connectivity index (χ3v) is 4.78. The van der Waals surface area contributed by atoms with E-state index >= 15 is 0 Å². The molecule has 25 heavy (non-hydrogen) atoms. The minimum absolute atomic E-state index is 0.0518. The third kappa shape index (κ3) is 4.49. The molecule has 0 saturated carbocycles. The number of sulfonamides is 1. The van der Waals surface area contributed by atoms with E-state index in [9.17, 15) is 22.0 Å². The number of halogens is 2. The van der Waals surface area contributed by atoms with Crippen LogP contribution in [0, 0.1) is 18.6 Å². The van der Waals surface area contributed by atoms with Crippen molar-refractivity contribution >= 4 is 21.6 Å². The van der Waals surface area contributed by atoms with E-state index in [2.05, 4.69) is 16.6 Å². The number of hydrogen-bond acceptors (Lipinski definition) is 3. The van der Waals surface area contributed by atoms with Gasteiger partial charge in [-0.25, -0.2) is 21.9 Å². The maximum absolute atomic E-state index is 13.9. The highest BCUT2D eigenvalue weighted by Gasteiger charge is 2.20. The number of anilines is 1. The standard InChI is InChI=1S/C17H16F2N2O3S/c1-3-8-20-25(23,24)16-10-12(4-6-14(16)19)17(22)21-15-7-5-13(18)9-11(15)2/h3-7,9-10,20H,1,8H2,2H3,(H,21,22). The molecule has 2 N–H and O–H groups in total. The minimum atomic E-state index is -4.12. The largest absolute Gasteiger partial charge is 0.322 e.